The maximum Gasteiger partial charge on any atom is 0.324 e. The van der Waals surface area contributed by atoms with Crippen molar-refractivity contribution >= 4 is 15.8 Å². The van der Waals surface area contributed by atoms with Gasteiger partial charge in [-0.05, 0) is 45.9 Å². The number of sulfone groups is 1. The van der Waals surface area contributed by atoms with Crippen LogP contribution >= 0.6 is 0 Å². The summed E-state index contributed by atoms with van der Waals surface area (Å²) in [6.45, 7) is 6.17. The fraction of sp³-hybridized carbons (Fsp3) is 0.462. The zero-order chi connectivity index (χ0) is 14.8. The predicted molar refractivity (Wildman–Crippen MR) is 68.9 cm³/mol. The second-order valence-corrected chi connectivity index (χ2v) is 7.45. The third kappa shape index (κ3) is 4.02. The van der Waals surface area contributed by atoms with Gasteiger partial charge in [-0.2, -0.15) is 0 Å². The van der Waals surface area contributed by atoms with Crippen molar-refractivity contribution in [3.63, 3.8) is 0 Å². The molecule has 4 nitrogen and oxygen atoms in total. The molecule has 1 rings (SSSR count). The number of benzene rings is 1. The third-order valence-electron chi connectivity index (χ3n) is 2.33. The van der Waals surface area contributed by atoms with Gasteiger partial charge in [0.15, 0.2) is 15.1 Å². The molecule has 1 atom stereocenters. The molecular formula is C13H17FO4S. The normalized spacial score (nSPS) is 13.9. The molecule has 0 N–H and O–H groups in total. The molecule has 1 unspecified atom stereocenters. The number of carbonyl (C=O) groups excluding carboxylic acids is 1. The van der Waals surface area contributed by atoms with Gasteiger partial charge in [0.2, 0.25) is 0 Å². The number of rotatable bonds is 3. The van der Waals surface area contributed by atoms with Gasteiger partial charge in [0.25, 0.3) is 0 Å². The number of carbonyl (C=O) groups is 1. The Labute approximate surface area is 112 Å². The summed E-state index contributed by atoms with van der Waals surface area (Å²) in [5.41, 5.74) is -0.775. The van der Waals surface area contributed by atoms with Gasteiger partial charge in [-0.15, -0.1) is 0 Å². The second kappa shape index (κ2) is 5.28. The first-order chi connectivity index (χ1) is 8.54. The van der Waals surface area contributed by atoms with E-state index in [1.165, 1.54) is 19.1 Å². The lowest BCUT2D eigenvalue weighted by Gasteiger charge is -2.22. The van der Waals surface area contributed by atoms with Crippen molar-refractivity contribution in [1.82, 2.24) is 0 Å². The molecule has 106 valence electrons. The summed E-state index contributed by atoms with van der Waals surface area (Å²) in [5, 5.41) is -1.38. The molecule has 1 aromatic rings. The molecule has 0 spiro atoms. The summed E-state index contributed by atoms with van der Waals surface area (Å²) >= 11 is 0. The van der Waals surface area contributed by atoms with Crippen molar-refractivity contribution in [2.45, 2.75) is 43.4 Å². The van der Waals surface area contributed by atoms with Crippen LogP contribution in [0.1, 0.15) is 27.7 Å². The number of ether oxygens (including phenoxy) is 1. The summed E-state index contributed by atoms with van der Waals surface area (Å²) in [6, 6.07) is 4.55. The average Bonchev–Trinajstić information content (AvgIpc) is 2.25. The number of halogens is 1. The van der Waals surface area contributed by atoms with Crippen LogP contribution in [-0.2, 0) is 19.4 Å². The van der Waals surface area contributed by atoms with Crippen molar-refractivity contribution in [1.29, 1.82) is 0 Å². The van der Waals surface area contributed by atoms with Crippen molar-refractivity contribution in [2.24, 2.45) is 0 Å². The Bertz CT molecular complexity index is 573. The van der Waals surface area contributed by atoms with Gasteiger partial charge < -0.3 is 4.74 Å². The minimum absolute atomic E-state index is 0.231. The summed E-state index contributed by atoms with van der Waals surface area (Å²) < 4.78 is 42.4. The van der Waals surface area contributed by atoms with Gasteiger partial charge >= 0.3 is 5.97 Å². The maximum absolute atomic E-state index is 13.1. The van der Waals surface area contributed by atoms with E-state index >= 15 is 0 Å². The largest absolute Gasteiger partial charge is 0.459 e. The average molecular weight is 288 g/mol. The molecule has 1 aromatic carbocycles. The van der Waals surface area contributed by atoms with Crippen molar-refractivity contribution in [2.75, 3.05) is 0 Å². The Morgan fingerprint density at radius 3 is 2.37 bits per heavy atom. The number of hydrogen-bond donors (Lipinski definition) is 0. The highest BCUT2D eigenvalue weighted by Gasteiger charge is 2.33. The highest BCUT2D eigenvalue weighted by atomic mass is 32.2. The van der Waals surface area contributed by atoms with E-state index in [-0.39, 0.29) is 4.90 Å². The quantitative estimate of drug-likeness (QED) is 0.801. The fourth-order valence-corrected chi connectivity index (χ4v) is 2.61. The first-order valence-corrected chi connectivity index (χ1v) is 7.31. The molecule has 0 bridgehead atoms. The van der Waals surface area contributed by atoms with E-state index < -0.39 is 32.5 Å². The van der Waals surface area contributed by atoms with Gasteiger partial charge in [0, 0.05) is 0 Å². The monoisotopic (exact) mass is 288 g/mol. The summed E-state index contributed by atoms with van der Waals surface area (Å²) in [5.74, 6) is -1.52. The van der Waals surface area contributed by atoms with Crippen LogP contribution in [0.5, 0.6) is 0 Å². The molecule has 19 heavy (non-hydrogen) atoms. The predicted octanol–water partition coefficient (Wildman–Crippen LogP) is 2.33. The van der Waals surface area contributed by atoms with Crippen LogP contribution in [-0.4, -0.2) is 25.2 Å². The molecular weight excluding hydrogens is 271 g/mol. The number of esters is 1. The van der Waals surface area contributed by atoms with Gasteiger partial charge in [0.05, 0.1) is 4.90 Å². The summed E-state index contributed by atoms with van der Waals surface area (Å²) in [4.78, 5) is 11.5. The fourth-order valence-electron chi connectivity index (χ4n) is 1.36. The lowest BCUT2D eigenvalue weighted by molar-refractivity contribution is -0.153. The zero-order valence-electron chi connectivity index (χ0n) is 11.3. The molecule has 0 aromatic heterocycles. The van der Waals surface area contributed by atoms with Crippen LogP contribution in [0.25, 0.3) is 0 Å². The first-order valence-electron chi connectivity index (χ1n) is 5.76. The van der Waals surface area contributed by atoms with Crippen molar-refractivity contribution in [3.8, 4) is 0 Å². The minimum atomic E-state index is -3.95. The molecule has 0 aliphatic carbocycles. The van der Waals surface area contributed by atoms with Crippen molar-refractivity contribution < 1.29 is 22.3 Å². The molecule has 6 heteroatoms. The standard InChI is InChI=1S/C13H17FO4S/c1-9(12(15)18-13(2,3)4)19(16,17)11-7-5-6-10(14)8-11/h5-9H,1-4H3. The number of hydrogen-bond acceptors (Lipinski definition) is 4. The molecule has 0 saturated heterocycles. The van der Waals surface area contributed by atoms with Crippen LogP contribution in [0.4, 0.5) is 4.39 Å². The van der Waals surface area contributed by atoms with E-state index in [4.69, 9.17) is 4.74 Å². The lowest BCUT2D eigenvalue weighted by atomic mass is 10.2. The van der Waals surface area contributed by atoms with Gasteiger partial charge in [-0.3, -0.25) is 4.79 Å². The Kier molecular flexibility index (Phi) is 4.35. The van der Waals surface area contributed by atoms with Crippen molar-refractivity contribution in [3.05, 3.63) is 30.1 Å². The Morgan fingerprint density at radius 1 is 1.32 bits per heavy atom. The van der Waals surface area contributed by atoms with E-state index in [1.54, 1.807) is 20.8 Å². The smallest absolute Gasteiger partial charge is 0.324 e. The molecule has 0 heterocycles. The highest BCUT2D eigenvalue weighted by Crippen LogP contribution is 2.20. The highest BCUT2D eigenvalue weighted by molar-refractivity contribution is 7.92. The van der Waals surface area contributed by atoms with Crippen LogP contribution in [0, 0.1) is 5.82 Å². The third-order valence-corrected chi connectivity index (χ3v) is 4.36. The topological polar surface area (TPSA) is 60.4 Å². The van der Waals surface area contributed by atoms with Gasteiger partial charge in [-0.1, -0.05) is 6.07 Å². The molecule has 0 saturated carbocycles. The summed E-state index contributed by atoms with van der Waals surface area (Å²) in [7, 11) is -3.95. The second-order valence-electron chi connectivity index (χ2n) is 5.18. The van der Waals surface area contributed by atoms with Crippen LogP contribution in [0.3, 0.4) is 0 Å². The van der Waals surface area contributed by atoms with E-state index in [2.05, 4.69) is 0 Å². The van der Waals surface area contributed by atoms with E-state index in [0.29, 0.717) is 0 Å². The lowest BCUT2D eigenvalue weighted by Crippen LogP contribution is -2.35. The van der Waals surface area contributed by atoms with Crippen LogP contribution in [0.2, 0.25) is 0 Å². The van der Waals surface area contributed by atoms with E-state index in [0.717, 1.165) is 12.1 Å². The SMILES string of the molecule is CC(C(=O)OC(C)(C)C)S(=O)(=O)c1cccc(F)c1. The van der Waals surface area contributed by atoms with E-state index in [9.17, 15) is 17.6 Å². The molecule has 0 aliphatic heterocycles. The van der Waals surface area contributed by atoms with Crippen LogP contribution < -0.4 is 0 Å². The zero-order valence-corrected chi connectivity index (χ0v) is 12.1. The molecule has 0 fully saturated rings. The minimum Gasteiger partial charge on any atom is -0.459 e. The van der Waals surface area contributed by atoms with Gasteiger partial charge in [-0.25, -0.2) is 12.8 Å². The molecule has 0 amide bonds. The Morgan fingerprint density at radius 2 is 1.89 bits per heavy atom. The Balaban J connectivity index is 3.04. The van der Waals surface area contributed by atoms with Crippen LogP contribution in [0.15, 0.2) is 29.2 Å². The van der Waals surface area contributed by atoms with E-state index in [1.807, 2.05) is 0 Å². The molecule has 0 radical (unpaired) electrons. The summed E-state index contributed by atoms with van der Waals surface area (Å²) in [6.07, 6.45) is 0. The van der Waals surface area contributed by atoms with Gasteiger partial charge in [0.1, 0.15) is 11.4 Å². The molecule has 0 aliphatic rings. The first kappa shape index (κ1) is 15.6. The Hall–Kier alpha value is -1.43. The maximum atomic E-state index is 13.1.